The molecule has 0 unspecified atom stereocenters. The van der Waals surface area contributed by atoms with Crippen LogP contribution in [0.5, 0.6) is 0 Å². The van der Waals surface area contributed by atoms with Crippen molar-refractivity contribution in [3.8, 4) is 0 Å². The number of rotatable bonds is 2. The SMILES string of the molecule is CO[C@@H]1[C@@H]2OC(C)(C)O[C@@H]2O[C@H]1C=O. The molecule has 2 aliphatic heterocycles. The summed E-state index contributed by atoms with van der Waals surface area (Å²) in [7, 11) is 1.53. The molecule has 2 saturated heterocycles. The Morgan fingerprint density at radius 3 is 2.64 bits per heavy atom. The fourth-order valence-corrected chi connectivity index (χ4v) is 1.88. The molecule has 2 heterocycles. The van der Waals surface area contributed by atoms with Crippen molar-refractivity contribution in [1.82, 2.24) is 0 Å². The van der Waals surface area contributed by atoms with E-state index >= 15 is 0 Å². The molecule has 2 rings (SSSR count). The van der Waals surface area contributed by atoms with Crippen LogP contribution in [0.4, 0.5) is 0 Å². The van der Waals surface area contributed by atoms with Crippen LogP contribution in [0.1, 0.15) is 13.8 Å². The Kier molecular flexibility index (Phi) is 2.35. The highest BCUT2D eigenvalue weighted by Gasteiger charge is 2.55. The minimum absolute atomic E-state index is 0.315. The average molecular weight is 202 g/mol. The highest BCUT2D eigenvalue weighted by atomic mass is 16.8. The quantitative estimate of drug-likeness (QED) is 0.593. The van der Waals surface area contributed by atoms with Crippen LogP contribution < -0.4 is 0 Å². The number of ether oxygens (including phenoxy) is 4. The molecule has 0 N–H and O–H groups in total. The molecule has 0 aliphatic carbocycles. The molecule has 0 aromatic rings. The minimum Gasteiger partial charge on any atom is -0.375 e. The van der Waals surface area contributed by atoms with Crippen LogP contribution in [-0.2, 0) is 23.7 Å². The van der Waals surface area contributed by atoms with Gasteiger partial charge in [-0.15, -0.1) is 0 Å². The van der Waals surface area contributed by atoms with Gasteiger partial charge in [0.1, 0.15) is 18.3 Å². The standard InChI is InChI=1S/C9H14O5/c1-9(2)13-7-6(11-3)5(4-10)12-8(7)14-9/h4-8H,1-3H3/t5-,6-,7-,8-/m0/s1. The molecule has 0 spiro atoms. The average Bonchev–Trinajstić information content (AvgIpc) is 2.55. The smallest absolute Gasteiger partial charge is 0.190 e. The highest BCUT2D eigenvalue weighted by Crippen LogP contribution is 2.37. The first kappa shape index (κ1) is 10.0. The van der Waals surface area contributed by atoms with Gasteiger partial charge in [-0.05, 0) is 13.8 Å². The third kappa shape index (κ3) is 1.46. The Morgan fingerprint density at radius 1 is 1.36 bits per heavy atom. The van der Waals surface area contributed by atoms with Crippen molar-refractivity contribution in [3.05, 3.63) is 0 Å². The van der Waals surface area contributed by atoms with Crippen molar-refractivity contribution in [2.45, 2.75) is 44.2 Å². The maximum Gasteiger partial charge on any atom is 0.190 e. The van der Waals surface area contributed by atoms with Gasteiger partial charge < -0.3 is 23.7 Å². The molecule has 2 aliphatic rings. The summed E-state index contributed by atoms with van der Waals surface area (Å²) in [6.45, 7) is 3.61. The summed E-state index contributed by atoms with van der Waals surface area (Å²) < 4.78 is 21.5. The first-order valence-electron chi connectivity index (χ1n) is 4.56. The van der Waals surface area contributed by atoms with Crippen molar-refractivity contribution in [2.75, 3.05) is 7.11 Å². The minimum atomic E-state index is -0.667. The van der Waals surface area contributed by atoms with E-state index < -0.39 is 18.2 Å². The number of fused-ring (bicyclic) bond motifs is 1. The number of hydrogen-bond acceptors (Lipinski definition) is 5. The van der Waals surface area contributed by atoms with Crippen molar-refractivity contribution in [2.24, 2.45) is 0 Å². The Balaban J connectivity index is 2.13. The third-order valence-corrected chi connectivity index (χ3v) is 2.43. The van der Waals surface area contributed by atoms with Gasteiger partial charge in [0.15, 0.2) is 18.4 Å². The summed E-state index contributed by atoms with van der Waals surface area (Å²) in [6, 6.07) is 0. The molecule has 0 aromatic heterocycles. The summed E-state index contributed by atoms with van der Waals surface area (Å²) in [5.41, 5.74) is 0. The van der Waals surface area contributed by atoms with Crippen molar-refractivity contribution >= 4 is 6.29 Å². The number of methoxy groups -OCH3 is 1. The molecule has 2 fully saturated rings. The molecule has 5 nitrogen and oxygen atoms in total. The molecule has 0 amide bonds. The van der Waals surface area contributed by atoms with Crippen molar-refractivity contribution in [1.29, 1.82) is 0 Å². The second-order valence-electron chi connectivity index (χ2n) is 3.91. The van der Waals surface area contributed by atoms with E-state index in [2.05, 4.69) is 0 Å². The maximum atomic E-state index is 10.7. The summed E-state index contributed by atoms with van der Waals surface area (Å²) >= 11 is 0. The lowest BCUT2D eigenvalue weighted by molar-refractivity contribution is -0.213. The predicted octanol–water partition coefficient (Wildman–Crippen LogP) is 0.0767. The Bertz CT molecular complexity index is 239. The normalized spacial score (nSPS) is 45.1. The second kappa shape index (κ2) is 3.27. The molecular weight excluding hydrogens is 188 g/mol. The second-order valence-corrected chi connectivity index (χ2v) is 3.91. The van der Waals surface area contributed by atoms with E-state index in [1.165, 1.54) is 7.11 Å². The van der Waals surface area contributed by atoms with Gasteiger partial charge in [0, 0.05) is 7.11 Å². The summed E-state index contributed by atoms with van der Waals surface area (Å²) in [6.07, 6.45) is -1.06. The van der Waals surface area contributed by atoms with Gasteiger partial charge in [-0.3, -0.25) is 0 Å². The lowest BCUT2D eigenvalue weighted by Gasteiger charge is -2.22. The molecule has 5 heteroatoms. The molecule has 4 atom stereocenters. The van der Waals surface area contributed by atoms with Crippen LogP contribution in [0.2, 0.25) is 0 Å². The lowest BCUT2D eigenvalue weighted by Crippen LogP contribution is -2.36. The van der Waals surface area contributed by atoms with Crippen LogP contribution in [0, 0.1) is 0 Å². The molecule has 0 aromatic carbocycles. The van der Waals surface area contributed by atoms with E-state index in [1.54, 1.807) is 13.8 Å². The van der Waals surface area contributed by atoms with Crippen molar-refractivity contribution < 1.29 is 23.7 Å². The molecule has 0 radical (unpaired) electrons. The zero-order chi connectivity index (χ0) is 10.3. The molecule has 0 saturated carbocycles. The van der Waals surface area contributed by atoms with Crippen LogP contribution in [0.15, 0.2) is 0 Å². The van der Waals surface area contributed by atoms with E-state index in [4.69, 9.17) is 18.9 Å². The van der Waals surface area contributed by atoms with E-state index in [0.29, 0.717) is 6.29 Å². The van der Waals surface area contributed by atoms with Gasteiger partial charge in [0.2, 0.25) is 0 Å². The molecule has 0 bridgehead atoms. The van der Waals surface area contributed by atoms with Gasteiger partial charge in [-0.25, -0.2) is 0 Å². The van der Waals surface area contributed by atoms with Gasteiger partial charge in [0.25, 0.3) is 0 Å². The Labute approximate surface area is 82.3 Å². The van der Waals surface area contributed by atoms with Crippen LogP contribution in [-0.4, -0.2) is 43.8 Å². The van der Waals surface area contributed by atoms with Gasteiger partial charge in [-0.2, -0.15) is 0 Å². The van der Waals surface area contributed by atoms with Crippen LogP contribution in [0.3, 0.4) is 0 Å². The highest BCUT2D eigenvalue weighted by molar-refractivity contribution is 5.58. The number of carbonyl (C=O) groups is 1. The fraction of sp³-hybridized carbons (Fsp3) is 0.889. The van der Waals surface area contributed by atoms with E-state index in [0.717, 1.165) is 0 Å². The summed E-state index contributed by atoms with van der Waals surface area (Å²) in [4.78, 5) is 10.7. The van der Waals surface area contributed by atoms with E-state index in [-0.39, 0.29) is 12.2 Å². The monoisotopic (exact) mass is 202 g/mol. The topological polar surface area (TPSA) is 54.0 Å². The molecule has 80 valence electrons. The lowest BCUT2D eigenvalue weighted by atomic mass is 10.1. The zero-order valence-corrected chi connectivity index (χ0v) is 8.43. The number of aldehydes is 1. The summed E-state index contributed by atoms with van der Waals surface area (Å²) in [5.74, 6) is -0.667. The largest absolute Gasteiger partial charge is 0.375 e. The van der Waals surface area contributed by atoms with E-state index in [9.17, 15) is 4.79 Å². The maximum absolute atomic E-state index is 10.7. The first-order chi connectivity index (χ1) is 6.57. The zero-order valence-electron chi connectivity index (χ0n) is 8.43. The Morgan fingerprint density at radius 2 is 2.07 bits per heavy atom. The van der Waals surface area contributed by atoms with Gasteiger partial charge in [-0.1, -0.05) is 0 Å². The van der Waals surface area contributed by atoms with Crippen molar-refractivity contribution in [3.63, 3.8) is 0 Å². The van der Waals surface area contributed by atoms with Gasteiger partial charge >= 0.3 is 0 Å². The number of carbonyl (C=O) groups excluding carboxylic acids is 1. The Hall–Kier alpha value is -0.490. The molecular formula is C9H14O5. The third-order valence-electron chi connectivity index (χ3n) is 2.43. The van der Waals surface area contributed by atoms with Crippen LogP contribution >= 0.6 is 0 Å². The summed E-state index contributed by atoms with van der Waals surface area (Å²) in [5, 5.41) is 0. The number of hydrogen-bond donors (Lipinski definition) is 0. The fourth-order valence-electron chi connectivity index (χ4n) is 1.88. The predicted molar refractivity (Wildman–Crippen MR) is 45.6 cm³/mol. The first-order valence-corrected chi connectivity index (χ1v) is 4.56. The van der Waals surface area contributed by atoms with Gasteiger partial charge in [0.05, 0.1) is 0 Å². The van der Waals surface area contributed by atoms with Crippen LogP contribution in [0.25, 0.3) is 0 Å². The molecule has 14 heavy (non-hydrogen) atoms. The van der Waals surface area contributed by atoms with E-state index in [1.807, 2.05) is 0 Å².